The summed E-state index contributed by atoms with van der Waals surface area (Å²) in [6.07, 6.45) is 6.97. The lowest BCUT2D eigenvalue weighted by atomic mass is 10.0. The van der Waals surface area contributed by atoms with Gasteiger partial charge in [0.1, 0.15) is 0 Å². The van der Waals surface area contributed by atoms with Crippen LogP contribution in [0.25, 0.3) is 0 Å². The van der Waals surface area contributed by atoms with E-state index in [0.29, 0.717) is 0 Å². The molecule has 9 heavy (non-hydrogen) atoms. The molecular weight excluding hydrogens is 108 g/mol. The average molecular weight is 120 g/mol. The molecule has 2 atom stereocenters. The minimum absolute atomic E-state index is 0.789. The normalized spacial score (nSPS) is 39.1. The Morgan fingerprint density at radius 2 is 1.44 bits per heavy atom. The highest BCUT2D eigenvalue weighted by molar-refractivity contribution is 5.15. The zero-order chi connectivity index (χ0) is 6.10. The fourth-order valence-corrected chi connectivity index (χ4v) is 1.86. The van der Waals surface area contributed by atoms with E-state index in [4.69, 9.17) is 0 Å². The van der Waals surface area contributed by atoms with Crippen LogP contribution >= 0.6 is 0 Å². The molecule has 0 nitrogen and oxygen atoms in total. The Bertz CT molecular complexity index is 143. The first-order chi connectivity index (χ1) is 4.45. The van der Waals surface area contributed by atoms with Gasteiger partial charge in [0.25, 0.3) is 0 Å². The molecule has 1 saturated carbocycles. The molecule has 0 radical (unpaired) electrons. The summed E-state index contributed by atoms with van der Waals surface area (Å²) in [6, 6.07) is 0. The van der Waals surface area contributed by atoms with Gasteiger partial charge in [-0.1, -0.05) is 24.7 Å². The van der Waals surface area contributed by atoms with Crippen LogP contribution in [0.4, 0.5) is 0 Å². The lowest BCUT2D eigenvalue weighted by molar-refractivity contribution is 0.543. The maximum atomic E-state index is 3.31. The maximum absolute atomic E-state index is 3.31. The summed E-state index contributed by atoms with van der Waals surface area (Å²) < 4.78 is 0. The van der Waals surface area contributed by atoms with Gasteiger partial charge >= 0.3 is 0 Å². The smallest absolute Gasteiger partial charge is 0.0214 e. The molecule has 0 heteroatoms. The fourth-order valence-electron chi connectivity index (χ4n) is 1.86. The van der Waals surface area contributed by atoms with Gasteiger partial charge in [0.15, 0.2) is 0 Å². The van der Waals surface area contributed by atoms with Crippen molar-refractivity contribution in [1.29, 1.82) is 0 Å². The molecule has 48 valence electrons. The van der Waals surface area contributed by atoms with E-state index in [9.17, 15) is 0 Å². The van der Waals surface area contributed by atoms with Crippen molar-refractivity contribution in [2.24, 2.45) is 11.8 Å². The largest absolute Gasteiger partial charge is 0.0996 e. The van der Waals surface area contributed by atoms with Gasteiger partial charge in [-0.2, -0.15) is 0 Å². The Morgan fingerprint density at radius 3 is 2.00 bits per heavy atom. The zero-order valence-electron chi connectivity index (χ0n) is 5.69. The summed E-state index contributed by atoms with van der Waals surface area (Å²) in [4.78, 5) is 0. The molecule has 2 aliphatic carbocycles. The van der Waals surface area contributed by atoms with Crippen molar-refractivity contribution >= 4 is 0 Å². The van der Waals surface area contributed by atoms with Crippen LogP contribution in [-0.4, -0.2) is 0 Å². The van der Waals surface area contributed by atoms with Crippen LogP contribution in [0.15, 0.2) is 0 Å². The van der Waals surface area contributed by atoms with Gasteiger partial charge < -0.3 is 0 Å². The van der Waals surface area contributed by atoms with E-state index >= 15 is 0 Å². The van der Waals surface area contributed by atoms with Gasteiger partial charge in [-0.25, -0.2) is 0 Å². The molecule has 0 saturated heterocycles. The predicted octanol–water partition coefficient (Wildman–Crippen LogP) is 2.20. The minimum atomic E-state index is 0.789. The van der Waals surface area contributed by atoms with Crippen LogP contribution in [0.3, 0.4) is 0 Å². The van der Waals surface area contributed by atoms with E-state index in [0.717, 1.165) is 11.8 Å². The molecule has 2 rings (SSSR count). The van der Waals surface area contributed by atoms with Crippen molar-refractivity contribution < 1.29 is 0 Å². The van der Waals surface area contributed by atoms with E-state index < -0.39 is 0 Å². The molecule has 0 spiro atoms. The first kappa shape index (κ1) is 5.35. The van der Waals surface area contributed by atoms with E-state index in [1.807, 2.05) is 0 Å². The van der Waals surface area contributed by atoms with Gasteiger partial charge in [-0.15, -0.1) is 0 Å². The lowest BCUT2D eigenvalue weighted by Gasteiger charge is -2.00. The topological polar surface area (TPSA) is 0 Å². The molecule has 0 aromatic carbocycles. The van der Waals surface area contributed by atoms with E-state index in [-0.39, 0.29) is 0 Å². The molecule has 0 amide bonds. The quantitative estimate of drug-likeness (QED) is 0.430. The SMILES string of the molecule is C1#CC2CCCCC1C2. The van der Waals surface area contributed by atoms with Crippen molar-refractivity contribution in [2.75, 3.05) is 0 Å². The van der Waals surface area contributed by atoms with Gasteiger partial charge in [0, 0.05) is 11.8 Å². The second-order valence-electron chi connectivity index (χ2n) is 3.20. The first-order valence-electron chi connectivity index (χ1n) is 3.96. The summed E-state index contributed by atoms with van der Waals surface area (Å²) in [5.74, 6) is 8.20. The van der Waals surface area contributed by atoms with Crippen LogP contribution in [0.1, 0.15) is 32.1 Å². The van der Waals surface area contributed by atoms with Crippen molar-refractivity contribution in [3.8, 4) is 11.8 Å². The van der Waals surface area contributed by atoms with E-state index in [1.165, 1.54) is 32.1 Å². The molecule has 0 aromatic heterocycles. The van der Waals surface area contributed by atoms with Crippen LogP contribution in [0.2, 0.25) is 0 Å². The molecule has 2 bridgehead atoms. The van der Waals surface area contributed by atoms with Crippen molar-refractivity contribution in [2.45, 2.75) is 32.1 Å². The number of hydrogen-bond acceptors (Lipinski definition) is 0. The summed E-state index contributed by atoms with van der Waals surface area (Å²) in [6.45, 7) is 0. The zero-order valence-corrected chi connectivity index (χ0v) is 5.69. The molecule has 0 aromatic rings. The van der Waals surface area contributed by atoms with Crippen LogP contribution in [-0.2, 0) is 0 Å². The fraction of sp³-hybridized carbons (Fsp3) is 0.778. The van der Waals surface area contributed by atoms with Gasteiger partial charge in [-0.05, 0) is 19.3 Å². The highest BCUT2D eigenvalue weighted by Gasteiger charge is 2.20. The highest BCUT2D eigenvalue weighted by atomic mass is 14.2. The molecule has 0 aliphatic heterocycles. The minimum Gasteiger partial charge on any atom is -0.0996 e. The molecule has 0 heterocycles. The molecular formula is C9H12. The lowest BCUT2D eigenvalue weighted by Crippen LogP contribution is -1.93. The van der Waals surface area contributed by atoms with Gasteiger partial charge in [0.2, 0.25) is 0 Å². The maximum Gasteiger partial charge on any atom is 0.0214 e. The van der Waals surface area contributed by atoms with E-state index in [1.54, 1.807) is 0 Å². The summed E-state index contributed by atoms with van der Waals surface area (Å²) in [7, 11) is 0. The second kappa shape index (κ2) is 2.06. The number of hydrogen-bond donors (Lipinski definition) is 0. The highest BCUT2D eigenvalue weighted by Crippen LogP contribution is 2.30. The molecule has 2 aliphatic rings. The Morgan fingerprint density at radius 1 is 0.889 bits per heavy atom. The monoisotopic (exact) mass is 120 g/mol. The van der Waals surface area contributed by atoms with Crippen LogP contribution < -0.4 is 0 Å². The molecule has 2 unspecified atom stereocenters. The Kier molecular flexibility index (Phi) is 1.23. The summed E-state index contributed by atoms with van der Waals surface area (Å²) in [5.41, 5.74) is 0. The van der Waals surface area contributed by atoms with Crippen LogP contribution in [0.5, 0.6) is 0 Å². The summed E-state index contributed by atoms with van der Waals surface area (Å²) in [5, 5.41) is 0. The third-order valence-corrected chi connectivity index (χ3v) is 2.42. The van der Waals surface area contributed by atoms with Gasteiger partial charge in [-0.3, -0.25) is 0 Å². The predicted molar refractivity (Wildman–Crippen MR) is 37.8 cm³/mol. The van der Waals surface area contributed by atoms with Crippen molar-refractivity contribution in [3.63, 3.8) is 0 Å². The van der Waals surface area contributed by atoms with E-state index in [2.05, 4.69) is 11.8 Å². The van der Waals surface area contributed by atoms with Crippen molar-refractivity contribution in [1.82, 2.24) is 0 Å². The Labute approximate surface area is 56.6 Å². The second-order valence-corrected chi connectivity index (χ2v) is 3.20. The standard InChI is InChI=1S/C9H12/c1-2-4-9-6-5-8(3-1)7-9/h8-9H,1-4,7H2. The number of rotatable bonds is 0. The van der Waals surface area contributed by atoms with Gasteiger partial charge in [0.05, 0.1) is 0 Å². The summed E-state index contributed by atoms with van der Waals surface area (Å²) >= 11 is 0. The first-order valence-corrected chi connectivity index (χ1v) is 3.96. The third kappa shape index (κ3) is 0.965. The molecule has 0 N–H and O–H groups in total. The third-order valence-electron chi connectivity index (χ3n) is 2.42. The average Bonchev–Trinajstić information content (AvgIpc) is 2.09. The molecule has 1 fully saturated rings. The number of fused-ring (bicyclic) bond motifs is 2. The Hall–Kier alpha value is -0.440. The Balaban J connectivity index is 2.11. The van der Waals surface area contributed by atoms with Crippen LogP contribution in [0, 0.1) is 23.7 Å². The van der Waals surface area contributed by atoms with Crippen molar-refractivity contribution in [3.05, 3.63) is 0 Å².